The minimum Gasteiger partial charge on any atom is -0.308 e. The molecular formula is C22H24N4O2S2. The van der Waals surface area contributed by atoms with Gasteiger partial charge in [-0.1, -0.05) is 36.7 Å². The zero-order valence-corrected chi connectivity index (χ0v) is 18.4. The Hall–Kier alpha value is -2.58. The Balaban J connectivity index is 1.40. The van der Waals surface area contributed by atoms with Crippen molar-refractivity contribution >= 4 is 61.8 Å². The second-order valence-electron chi connectivity index (χ2n) is 7.34. The molecule has 3 amide bonds. The lowest BCUT2D eigenvalue weighted by Crippen LogP contribution is -2.24. The summed E-state index contributed by atoms with van der Waals surface area (Å²) in [6.45, 7) is 0. The van der Waals surface area contributed by atoms with Crippen LogP contribution in [0.25, 0.3) is 10.2 Å². The number of nitrogens with one attached hydrogen (secondary N) is 3. The molecule has 0 radical (unpaired) electrons. The number of hydrogen-bond donors (Lipinski definition) is 3. The van der Waals surface area contributed by atoms with Gasteiger partial charge in [0.2, 0.25) is 5.91 Å². The molecule has 0 spiro atoms. The Morgan fingerprint density at radius 1 is 1.00 bits per heavy atom. The van der Waals surface area contributed by atoms with Crippen LogP contribution in [0.4, 0.5) is 21.3 Å². The molecule has 1 aliphatic rings. The van der Waals surface area contributed by atoms with E-state index in [1.54, 1.807) is 11.8 Å². The highest BCUT2D eigenvalue weighted by atomic mass is 32.2. The van der Waals surface area contributed by atoms with E-state index in [4.69, 9.17) is 0 Å². The highest BCUT2D eigenvalue weighted by Gasteiger charge is 2.22. The summed E-state index contributed by atoms with van der Waals surface area (Å²) in [5.41, 5.74) is 2.14. The molecule has 0 atom stereocenters. The molecule has 1 fully saturated rings. The van der Waals surface area contributed by atoms with Crippen molar-refractivity contribution < 1.29 is 9.59 Å². The third kappa shape index (κ3) is 5.12. The van der Waals surface area contributed by atoms with E-state index in [2.05, 4.69) is 20.9 Å². The standard InChI is InChI=1S/C22H24N4O2S2/c1-29-17-9-5-8-15(12-17)23-21(28)24-16-10-11-19-18(13-16)25-22(30-19)26-20(27)14-6-3-2-4-7-14/h5,8-14H,2-4,6-7H2,1H3,(H2,23,24,28)(H,25,26,27). The Morgan fingerprint density at radius 3 is 2.53 bits per heavy atom. The van der Waals surface area contributed by atoms with Crippen molar-refractivity contribution in [1.82, 2.24) is 4.98 Å². The molecule has 30 heavy (non-hydrogen) atoms. The summed E-state index contributed by atoms with van der Waals surface area (Å²) in [6, 6.07) is 12.9. The van der Waals surface area contributed by atoms with Crippen LogP contribution in [-0.4, -0.2) is 23.2 Å². The van der Waals surface area contributed by atoms with E-state index in [0.717, 1.165) is 46.5 Å². The Labute approximate surface area is 183 Å². The molecule has 6 nitrogen and oxygen atoms in total. The number of nitrogens with zero attached hydrogens (tertiary/aromatic N) is 1. The third-order valence-electron chi connectivity index (χ3n) is 5.18. The van der Waals surface area contributed by atoms with Gasteiger partial charge in [0.1, 0.15) is 0 Å². The summed E-state index contributed by atoms with van der Waals surface area (Å²) in [5, 5.41) is 9.26. The lowest BCUT2D eigenvalue weighted by Gasteiger charge is -2.19. The Kier molecular flexibility index (Phi) is 6.54. The minimum atomic E-state index is -0.311. The molecule has 1 heterocycles. The van der Waals surface area contributed by atoms with Gasteiger partial charge in [0.15, 0.2) is 5.13 Å². The highest BCUT2D eigenvalue weighted by molar-refractivity contribution is 7.98. The molecule has 0 aliphatic heterocycles. The predicted molar refractivity (Wildman–Crippen MR) is 126 cm³/mol. The first-order valence-corrected chi connectivity index (χ1v) is 12.1. The number of thiazole rings is 1. The second-order valence-corrected chi connectivity index (χ2v) is 9.25. The van der Waals surface area contributed by atoms with Gasteiger partial charge in [0, 0.05) is 22.2 Å². The molecule has 1 saturated carbocycles. The maximum atomic E-state index is 12.5. The fourth-order valence-corrected chi connectivity index (χ4v) is 4.93. The zero-order chi connectivity index (χ0) is 20.9. The van der Waals surface area contributed by atoms with Crippen molar-refractivity contribution in [3.05, 3.63) is 42.5 Å². The van der Waals surface area contributed by atoms with Crippen molar-refractivity contribution in [2.45, 2.75) is 37.0 Å². The van der Waals surface area contributed by atoms with Gasteiger partial charge in [-0.15, -0.1) is 11.8 Å². The van der Waals surface area contributed by atoms with Gasteiger partial charge in [-0.2, -0.15) is 0 Å². The summed E-state index contributed by atoms with van der Waals surface area (Å²) in [7, 11) is 0. The van der Waals surface area contributed by atoms with E-state index in [9.17, 15) is 9.59 Å². The number of carbonyl (C=O) groups is 2. The molecule has 0 bridgehead atoms. The fraction of sp³-hybridized carbons (Fsp3) is 0.318. The number of urea groups is 1. The van der Waals surface area contributed by atoms with Gasteiger partial charge in [0.05, 0.1) is 10.2 Å². The van der Waals surface area contributed by atoms with Gasteiger partial charge in [-0.25, -0.2) is 9.78 Å². The van der Waals surface area contributed by atoms with Gasteiger partial charge >= 0.3 is 6.03 Å². The first kappa shape index (κ1) is 20.7. The highest BCUT2D eigenvalue weighted by Crippen LogP contribution is 2.30. The number of anilines is 3. The van der Waals surface area contributed by atoms with Crippen LogP contribution in [0.3, 0.4) is 0 Å². The van der Waals surface area contributed by atoms with Crippen molar-refractivity contribution in [3.8, 4) is 0 Å². The van der Waals surface area contributed by atoms with Crippen molar-refractivity contribution in [3.63, 3.8) is 0 Å². The number of rotatable bonds is 5. The van der Waals surface area contributed by atoms with Crippen LogP contribution in [0.15, 0.2) is 47.4 Å². The summed E-state index contributed by atoms with van der Waals surface area (Å²) in [4.78, 5) is 30.4. The smallest absolute Gasteiger partial charge is 0.308 e. The SMILES string of the molecule is CSc1cccc(NC(=O)Nc2ccc3sc(NC(=O)C4CCCCC4)nc3c2)c1. The van der Waals surface area contributed by atoms with Crippen LogP contribution in [-0.2, 0) is 4.79 Å². The lowest BCUT2D eigenvalue weighted by molar-refractivity contribution is -0.120. The first-order chi connectivity index (χ1) is 14.6. The largest absolute Gasteiger partial charge is 0.323 e. The van der Waals surface area contributed by atoms with Crippen LogP contribution in [0.2, 0.25) is 0 Å². The monoisotopic (exact) mass is 440 g/mol. The van der Waals surface area contributed by atoms with Crippen LogP contribution in [0.5, 0.6) is 0 Å². The van der Waals surface area contributed by atoms with Crippen molar-refractivity contribution in [1.29, 1.82) is 0 Å². The van der Waals surface area contributed by atoms with Crippen molar-refractivity contribution in [2.24, 2.45) is 5.92 Å². The Bertz CT molecular complexity index is 1060. The molecule has 8 heteroatoms. The number of aromatic nitrogens is 1. The van der Waals surface area contributed by atoms with Gasteiger partial charge in [0.25, 0.3) is 0 Å². The van der Waals surface area contributed by atoms with Gasteiger partial charge < -0.3 is 16.0 Å². The molecule has 4 rings (SSSR count). The molecule has 1 aromatic heterocycles. The predicted octanol–water partition coefficient (Wildman–Crippen LogP) is 6.18. The lowest BCUT2D eigenvalue weighted by atomic mass is 9.89. The average molecular weight is 441 g/mol. The van der Waals surface area contributed by atoms with Gasteiger partial charge in [-0.3, -0.25) is 4.79 Å². The summed E-state index contributed by atoms with van der Waals surface area (Å²) >= 11 is 3.07. The maximum Gasteiger partial charge on any atom is 0.323 e. The number of benzene rings is 2. The van der Waals surface area contributed by atoms with E-state index in [1.807, 2.05) is 48.7 Å². The molecule has 156 valence electrons. The number of fused-ring (bicyclic) bond motifs is 1. The van der Waals surface area contributed by atoms with Crippen molar-refractivity contribution in [2.75, 3.05) is 22.2 Å². The number of hydrogen-bond acceptors (Lipinski definition) is 5. The van der Waals surface area contributed by atoms with Crippen LogP contribution in [0, 0.1) is 5.92 Å². The van der Waals surface area contributed by atoms with Crippen LogP contribution < -0.4 is 16.0 Å². The maximum absolute atomic E-state index is 12.5. The van der Waals surface area contributed by atoms with E-state index >= 15 is 0 Å². The Morgan fingerprint density at radius 2 is 1.77 bits per heavy atom. The fourth-order valence-electron chi connectivity index (χ4n) is 3.63. The number of amides is 3. The molecule has 0 unspecified atom stereocenters. The molecule has 3 aromatic rings. The van der Waals surface area contributed by atoms with Crippen LogP contribution in [0.1, 0.15) is 32.1 Å². The molecule has 2 aromatic carbocycles. The van der Waals surface area contributed by atoms with Crippen LogP contribution >= 0.6 is 23.1 Å². The average Bonchev–Trinajstić information content (AvgIpc) is 3.15. The van der Waals surface area contributed by atoms with E-state index in [-0.39, 0.29) is 17.9 Å². The third-order valence-corrected chi connectivity index (χ3v) is 6.86. The zero-order valence-electron chi connectivity index (χ0n) is 16.7. The number of thioether (sulfide) groups is 1. The minimum absolute atomic E-state index is 0.0685. The summed E-state index contributed by atoms with van der Waals surface area (Å²) in [6.07, 6.45) is 7.37. The topological polar surface area (TPSA) is 83.1 Å². The quantitative estimate of drug-likeness (QED) is 0.414. The number of carbonyl (C=O) groups excluding carboxylic acids is 2. The van der Waals surface area contributed by atoms with E-state index in [0.29, 0.717) is 10.8 Å². The van der Waals surface area contributed by atoms with E-state index in [1.165, 1.54) is 17.8 Å². The first-order valence-electron chi connectivity index (χ1n) is 10.0. The van der Waals surface area contributed by atoms with E-state index < -0.39 is 0 Å². The molecular weight excluding hydrogens is 416 g/mol. The summed E-state index contributed by atoms with van der Waals surface area (Å²) in [5.74, 6) is 0.162. The molecule has 1 aliphatic carbocycles. The second kappa shape index (κ2) is 9.49. The van der Waals surface area contributed by atoms with Gasteiger partial charge in [-0.05, 0) is 55.5 Å². The molecule has 3 N–H and O–H groups in total. The molecule has 0 saturated heterocycles. The normalized spacial score (nSPS) is 14.4. The summed E-state index contributed by atoms with van der Waals surface area (Å²) < 4.78 is 0.965.